The molecule has 0 amide bonds. The lowest BCUT2D eigenvalue weighted by atomic mass is 9.87. The average Bonchev–Trinajstić information content (AvgIpc) is 3.08. The molecule has 232 valence electrons. The van der Waals surface area contributed by atoms with Gasteiger partial charge >= 0.3 is 0 Å². The molecule has 0 aromatic heterocycles. The van der Waals surface area contributed by atoms with E-state index in [0.717, 1.165) is 11.3 Å². The first kappa shape index (κ1) is 32.1. The van der Waals surface area contributed by atoms with Crippen molar-refractivity contribution in [3.8, 4) is 40.2 Å². The van der Waals surface area contributed by atoms with Crippen molar-refractivity contribution in [3.05, 3.63) is 100 Å². The monoisotopic (exact) mass is 602 g/mol. The molecule has 0 heterocycles. The van der Waals surface area contributed by atoms with Gasteiger partial charge in [-0.15, -0.1) is 0 Å². The van der Waals surface area contributed by atoms with Crippen molar-refractivity contribution in [2.24, 2.45) is 0 Å². The summed E-state index contributed by atoms with van der Waals surface area (Å²) in [5.41, 5.74) is 3.13. The van der Waals surface area contributed by atoms with Crippen LogP contribution < -0.4 is 33.2 Å². The molecule has 4 aromatic rings. The van der Waals surface area contributed by atoms with Gasteiger partial charge in [-0.3, -0.25) is 0 Å². The number of ether oxygens (including phenoxy) is 7. The largest absolute Gasteiger partial charge is 0.497 e. The van der Waals surface area contributed by atoms with E-state index in [9.17, 15) is 10.2 Å². The fourth-order valence-corrected chi connectivity index (χ4v) is 4.97. The Morgan fingerprint density at radius 3 is 1.18 bits per heavy atom. The van der Waals surface area contributed by atoms with Gasteiger partial charge in [-0.05, 0) is 58.7 Å². The van der Waals surface area contributed by atoms with Crippen LogP contribution in [-0.2, 0) is 0 Å². The van der Waals surface area contributed by atoms with E-state index in [0.29, 0.717) is 62.3 Å². The molecule has 0 fully saturated rings. The smallest absolute Gasteiger partial charge is 0.129 e. The van der Waals surface area contributed by atoms with Crippen LogP contribution in [0.3, 0.4) is 0 Å². The Hall–Kier alpha value is -4.86. The summed E-state index contributed by atoms with van der Waals surface area (Å²) in [5, 5.41) is 24.0. The summed E-state index contributed by atoms with van der Waals surface area (Å²) in [6.07, 6.45) is 1.25. The van der Waals surface area contributed by atoms with Gasteiger partial charge in [-0.2, -0.15) is 0 Å². The number of aliphatic hydroxyl groups excluding tert-OH is 2. The zero-order chi connectivity index (χ0) is 31.8. The Labute approximate surface area is 257 Å². The second-order valence-electron chi connectivity index (χ2n) is 9.73. The lowest BCUT2D eigenvalue weighted by Crippen LogP contribution is -2.12. The van der Waals surface area contributed by atoms with E-state index in [-0.39, 0.29) is 0 Å². The van der Waals surface area contributed by atoms with Crippen molar-refractivity contribution in [2.75, 3.05) is 49.8 Å². The molecule has 9 nitrogen and oxygen atoms in total. The van der Waals surface area contributed by atoms with E-state index in [1.807, 2.05) is 36.4 Å². The van der Waals surface area contributed by atoms with Gasteiger partial charge in [0.1, 0.15) is 52.5 Å². The third-order valence-corrected chi connectivity index (χ3v) is 7.30. The summed E-state index contributed by atoms with van der Waals surface area (Å²) < 4.78 is 38.8. The maximum atomic E-state index is 12.0. The van der Waals surface area contributed by atoms with E-state index in [1.54, 1.807) is 78.0 Å². The fraction of sp³-hybridized carbons (Fsp3) is 0.257. The summed E-state index contributed by atoms with van der Waals surface area (Å²) in [7, 11) is 10.8. The first-order valence-corrected chi connectivity index (χ1v) is 13.7. The highest BCUT2D eigenvalue weighted by atomic mass is 16.5. The molecule has 4 rings (SSSR count). The van der Waals surface area contributed by atoms with Gasteiger partial charge in [-0.1, -0.05) is 24.3 Å². The topological polar surface area (TPSA) is 105 Å². The number of hydrogen-bond donors (Lipinski definition) is 2. The van der Waals surface area contributed by atoms with E-state index >= 15 is 0 Å². The number of hydrogen-bond acceptors (Lipinski definition) is 9. The summed E-state index contributed by atoms with van der Waals surface area (Å²) in [6, 6.07) is 19.5. The molecule has 0 saturated carbocycles. The Kier molecular flexibility index (Phi) is 10.6. The lowest BCUT2D eigenvalue weighted by Gasteiger charge is -2.26. The number of methoxy groups -OCH3 is 7. The van der Waals surface area contributed by atoms with Crippen LogP contribution in [0.4, 0.5) is 0 Å². The van der Waals surface area contributed by atoms with Crippen molar-refractivity contribution >= 4 is 12.2 Å². The number of rotatable bonds is 13. The first-order valence-electron chi connectivity index (χ1n) is 13.7. The Morgan fingerprint density at radius 2 is 0.841 bits per heavy atom. The molecule has 0 aliphatic heterocycles. The highest BCUT2D eigenvalue weighted by Gasteiger charge is 2.29. The third kappa shape index (κ3) is 6.85. The maximum absolute atomic E-state index is 12.0. The predicted molar refractivity (Wildman–Crippen MR) is 169 cm³/mol. The van der Waals surface area contributed by atoms with Gasteiger partial charge in [0.15, 0.2) is 0 Å². The molecule has 9 heteroatoms. The van der Waals surface area contributed by atoms with Crippen LogP contribution in [0.1, 0.15) is 45.6 Å². The SMILES string of the molecule is COc1ccc(C=Cc2c(C(O)c3cc(OC)cc(OC)c3)c(OC)cc(OC)c2C(O)c2cc(OC)cc(OC)c2)cc1. The van der Waals surface area contributed by atoms with E-state index in [2.05, 4.69) is 0 Å². The summed E-state index contributed by atoms with van der Waals surface area (Å²) >= 11 is 0. The van der Waals surface area contributed by atoms with Crippen molar-refractivity contribution < 1.29 is 43.4 Å². The fourth-order valence-electron chi connectivity index (χ4n) is 4.97. The molecule has 0 bridgehead atoms. The Balaban J connectivity index is 2.03. The van der Waals surface area contributed by atoms with Crippen LogP contribution >= 0.6 is 0 Å². The summed E-state index contributed by atoms with van der Waals surface area (Å²) in [5.74, 6) is 3.44. The zero-order valence-corrected chi connectivity index (χ0v) is 25.9. The minimum absolute atomic E-state index is 0.352. The summed E-state index contributed by atoms with van der Waals surface area (Å²) in [6.45, 7) is 0. The molecule has 0 spiro atoms. The average molecular weight is 603 g/mol. The molecular weight excluding hydrogens is 564 g/mol. The van der Waals surface area contributed by atoms with Crippen molar-refractivity contribution in [3.63, 3.8) is 0 Å². The third-order valence-electron chi connectivity index (χ3n) is 7.30. The molecular formula is C35H38O9. The van der Waals surface area contributed by atoms with Crippen LogP contribution in [0.2, 0.25) is 0 Å². The first-order chi connectivity index (χ1) is 21.3. The van der Waals surface area contributed by atoms with E-state index in [4.69, 9.17) is 33.2 Å². The lowest BCUT2D eigenvalue weighted by molar-refractivity contribution is 0.204. The predicted octanol–water partition coefficient (Wildman–Crippen LogP) is 6.08. The van der Waals surface area contributed by atoms with Gasteiger partial charge in [0, 0.05) is 29.3 Å². The van der Waals surface area contributed by atoms with Crippen LogP contribution in [0.15, 0.2) is 66.7 Å². The standard InChI is InChI=1S/C35H38O9/c1-38-24-11-8-21(9-12-24)10-13-29-32(34(36)22-14-25(39-2)18-26(15-22)40-3)30(43-6)20-31(44-7)33(29)35(37)23-16-27(41-4)19-28(17-23)42-5/h8-20,34-37H,1-7H3. The maximum Gasteiger partial charge on any atom is 0.129 e. The Bertz CT molecular complexity index is 1460. The minimum atomic E-state index is -1.22. The van der Waals surface area contributed by atoms with Gasteiger partial charge in [-0.25, -0.2) is 0 Å². The molecule has 0 aliphatic rings. The van der Waals surface area contributed by atoms with Gasteiger partial charge < -0.3 is 43.4 Å². The molecule has 0 saturated heterocycles. The molecule has 0 aliphatic carbocycles. The minimum Gasteiger partial charge on any atom is -0.497 e. The van der Waals surface area contributed by atoms with Gasteiger partial charge in [0.2, 0.25) is 0 Å². The molecule has 4 aromatic carbocycles. The van der Waals surface area contributed by atoms with E-state index in [1.165, 1.54) is 14.2 Å². The van der Waals surface area contributed by atoms with E-state index < -0.39 is 12.2 Å². The van der Waals surface area contributed by atoms with Crippen LogP contribution in [0.25, 0.3) is 12.2 Å². The van der Waals surface area contributed by atoms with Crippen molar-refractivity contribution in [2.45, 2.75) is 12.2 Å². The summed E-state index contributed by atoms with van der Waals surface area (Å²) in [4.78, 5) is 0. The normalized spacial score (nSPS) is 12.4. The molecule has 44 heavy (non-hydrogen) atoms. The quantitative estimate of drug-likeness (QED) is 0.176. The number of benzene rings is 4. The molecule has 0 radical (unpaired) electrons. The van der Waals surface area contributed by atoms with Crippen molar-refractivity contribution in [1.82, 2.24) is 0 Å². The molecule has 2 unspecified atom stereocenters. The van der Waals surface area contributed by atoms with Crippen LogP contribution in [0.5, 0.6) is 40.2 Å². The van der Waals surface area contributed by atoms with Gasteiger partial charge in [0.25, 0.3) is 0 Å². The second-order valence-corrected chi connectivity index (χ2v) is 9.73. The van der Waals surface area contributed by atoms with Crippen molar-refractivity contribution in [1.29, 1.82) is 0 Å². The highest BCUT2D eigenvalue weighted by Crippen LogP contribution is 2.46. The van der Waals surface area contributed by atoms with Gasteiger partial charge in [0.05, 0.1) is 49.8 Å². The van der Waals surface area contributed by atoms with Crippen LogP contribution in [0, 0.1) is 0 Å². The molecule has 2 atom stereocenters. The zero-order valence-electron chi connectivity index (χ0n) is 25.9. The highest BCUT2D eigenvalue weighted by molar-refractivity contribution is 5.78. The number of aliphatic hydroxyl groups is 2. The van der Waals surface area contributed by atoms with Crippen LogP contribution in [-0.4, -0.2) is 60.0 Å². The molecule has 2 N–H and O–H groups in total. The second kappa shape index (κ2) is 14.5. The Morgan fingerprint density at radius 1 is 0.455 bits per heavy atom.